The van der Waals surface area contributed by atoms with Crippen molar-refractivity contribution in [2.75, 3.05) is 26.6 Å². The number of hydrogen-bond donors (Lipinski definition) is 2. The lowest BCUT2D eigenvalue weighted by atomic mass is 10.1. The normalized spacial score (nSPS) is 10.2. The molecule has 0 saturated heterocycles. The number of para-hydroxylation sites is 1. The van der Waals surface area contributed by atoms with E-state index in [-0.39, 0.29) is 18.2 Å². The molecule has 0 fully saturated rings. The van der Waals surface area contributed by atoms with E-state index in [0.29, 0.717) is 28.5 Å². The quantitative estimate of drug-likeness (QED) is 0.590. The maximum Gasteiger partial charge on any atom is 0.291 e. The third-order valence-electron chi connectivity index (χ3n) is 4.34. The predicted molar refractivity (Wildman–Crippen MR) is 110 cm³/mol. The minimum Gasteiger partial charge on any atom is -0.493 e. The summed E-state index contributed by atoms with van der Waals surface area (Å²) in [4.78, 5) is 25.0. The van der Waals surface area contributed by atoms with Gasteiger partial charge in [-0.3, -0.25) is 9.59 Å². The predicted octanol–water partition coefficient (Wildman–Crippen LogP) is 3.49. The average molecular weight is 410 g/mol. The molecular weight excluding hydrogens is 388 g/mol. The van der Waals surface area contributed by atoms with Gasteiger partial charge in [0.2, 0.25) is 5.75 Å². The van der Waals surface area contributed by atoms with Crippen molar-refractivity contribution in [3.05, 3.63) is 71.7 Å². The summed E-state index contributed by atoms with van der Waals surface area (Å²) in [5.74, 6) is 0.826. The zero-order chi connectivity index (χ0) is 21.5. The number of rotatable bonds is 8. The molecule has 1 aromatic heterocycles. The fraction of sp³-hybridized carbons (Fsp3) is 0.182. The van der Waals surface area contributed by atoms with E-state index < -0.39 is 5.91 Å². The van der Waals surface area contributed by atoms with E-state index in [1.54, 1.807) is 48.5 Å². The summed E-state index contributed by atoms with van der Waals surface area (Å²) in [6, 6.07) is 13.4. The molecule has 0 radical (unpaired) electrons. The van der Waals surface area contributed by atoms with E-state index in [2.05, 4.69) is 10.6 Å². The van der Waals surface area contributed by atoms with Crippen molar-refractivity contribution >= 4 is 17.5 Å². The van der Waals surface area contributed by atoms with Crippen molar-refractivity contribution in [3.63, 3.8) is 0 Å². The van der Waals surface area contributed by atoms with Crippen LogP contribution in [0.5, 0.6) is 17.2 Å². The van der Waals surface area contributed by atoms with Crippen LogP contribution in [0.2, 0.25) is 0 Å². The maximum atomic E-state index is 12.8. The van der Waals surface area contributed by atoms with Gasteiger partial charge in [0.25, 0.3) is 11.8 Å². The van der Waals surface area contributed by atoms with Crippen molar-refractivity contribution in [2.24, 2.45) is 0 Å². The van der Waals surface area contributed by atoms with Crippen LogP contribution in [-0.2, 0) is 6.54 Å². The van der Waals surface area contributed by atoms with Gasteiger partial charge in [0.15, 0.2) is 17.3 Å². The molecule has 0 unspecified atom stereocenters. The maximum absolute atomic E-state index is 12.8. The number of nitrogens with one attached hydrogen (secondary N) is 2. The monoisotopic (exact) mass is 410 g/mol. The first kappa shape index (κ1) is 20.8. The smallest absolute Gasteiger partial charge is 0.291 e. The molecular formula is C22H22N2O6. The molecule has 8 heteroatoms. The molecule has 2 N–H and O–H groups in total. The third-order valence-corrected chi connectivity index (χ3v) is 4.34. The van der Waals surface area contributed by atoms with Crippen molar-refractivity contribution in [1.29, 1.82) is 0 Å². The minimum absolute atomic E-state index is 0.155. The van der Waals surface area contributed by atoms with E-state index >= 15 is 0 Å². The molecule has 2 aromatic carbocycles. The number of carbonyl (C=O) groups is 2. The van der Waals surface area contributed by atoms with Crippen LogP contribution in [-0.4, -0.2) is 33.1 Å². The Labute approximate surface area is 173 Å². The molecule has 1 heterocycles. The first-order valence-electron chi connectivity index (χ1n) is 9.08. The van der Waals surface area contributed by atoms with Crippen LogP contribution in [0.15, 0.2) is 59.2 Å². The molecule has 156 valence electrons. The second-order valence-electron chi connectivity index (χ2n) is 6.19. The van der Waals surface area contributed by atoms with Crippen molar-refractivity contribution in [3.8, 4) is 17.2 Å². The highest BCUT2D eigenvalue weighted by Crippen LogP contribution is 2.38. The Bertz CT molecular complexity index is 1000. The third kappa shape index (κ3) is 4.54. The standard InChI is InChI=1S/C22H22N2O6/c1-27-18-11-14(12-19(28-2)20(18)29-3)13-23-21(25)15-7-4-5-8-16(15)24-22(26)17-9-6-10-30-17/h4-12H,13H2,1-3H3,(H,23,25)(H,24,26). The molecule has 2 amide bonds. The zero-order valence-electron chi connectivity index (χ0n) is 16.9. The van der Waals surface area contributed by atoms with Gasteiger partial charge < -0.3 is 29.3 Å². The van der Waals surface area contributed by atoms with Gasteiger partial charge in [-0.2, -0.15) is 0 Å². The molecule has 0 aliphatic rings. The first-order valence-corrected chi connectivity index (χ1v) is 9.08. The van der Waals surface area contributed by atoms with Crippen LogP contribution in [0.1, 0.15) is 26.5 Å². The molecule has 0 atom stereocenters. The van der Waals surface area contributed by atoms with Crippen molar-refractivity contribution in [1.82, 2.24) is 5.32 Å². The minimum atomic E-state index is -0.440. The topological polar surface area (TPSA) is 99.0 Å². The summed E-state index contributed by atoms with van der Waals surface area (Å²) >= 11 is 0. The average Bonchev–Trinajstić information content (AvgIpc) is 3.32. The number of methoxy groups -OCH3 is 3. The second-order valence-corrected chi connectivity index (χ2v) is 6.19. The SMILES string of the molecule is COc1cc(CNC(=O)c2ccccc2NC(=O)c2ccco2)cc(OC)c1OC. The first-order chi connectivity index (χ1) is 14.6. The molecule has 3 aromatic rings. The van der Waals surface area contributed by atoms with E-state index in [9.17, 15) is 9.59 Å². The Morgan fingerprint density at radius 2 is 1.60 bits per heavy atom. The molecule has 0 bridgehead atoms. The summed E-state index contributed by atoms with van der Waals surface area (Å²) in [7, 11) is 4.57. The lowest BCUT2D eigenvalue weighted by Crippen LogP contribution is -2.25. The van der Waals surface area contributed by atoms with E-state index in [1.807, 2.05) is 0 Å². The highest BCUT2D eigenvalue weighted by Gasteiger charge is 2.17. The number of amides is 2. The number of hydrogen-bond acceptors (Lipinski definition) is 6. The summed E-state index contributed by atoms with van der Waals surface area (Å²) in [5.41, 5.74) is 1.46. The molecule has 30 heavy (non-hydrogen) atoms. The van der Waals surface area contributed by atoms with Crippen LogP contribution in [0.3, 0.4) is 0 Å². The van der Waals surface area contributed by atoms with Crippen molar-refractivity contribution < 1.29 is 28.2 Å². The number of ether oxygens (including phenoxy) is 3. The fourth-order valence-electron chi connectivity index (χ4n) is 2.90. The summed E-state index contributed by atoms with van der Waals surface area (Å²) in [5, 5.41) is 5.53. The Kier molecular flexibility index (Phi) is 6.59. The molecule has 0 spiro atoms. The Hall–Kier alpha value is -3.94. The number of benzene rings is 2. The van der Waals surface area contributed by atoms with Crippen molar-refractivity contribution in [2.45, 2.75) is 6.54 Å². The van der Waals surface area contributed by atoms with Gasteiger partial charge in [0.05, 0.1) is 38.8 Å². The summed E-state index contributed by atoms with van der Waals surface area (Å²) < 4.78 is 21.1. The highest BCUT2D eigenvalue weighted by molar-refractivity contribution is 6.07. The summed E-state index contributed by atoms with van der Waals surface area (Å²) in [6.45, 7) is 0.218. The second kappa shape index (κ2) is 9.51. The van der Waals surface area contributed by atoms with Crippen LogP contribution in [0.4, 0.5) is 5.69 Å². The molecule has 0 aliphatic carbocycles. The van der Waals surface area contributed by atoms with Gasteiger partial charge in [0.1, 0.15) is 0 Å². The summed E-state index contributed by atoms with van der Waals surface area (Å²) in [6.07, 6.45) is 1.41. The van der Waals surface area contributed by atoms with Crippen LogP contribution < -0.4 is 24.8 Å². The zero-order valence-corrected chi connectivity index (χ0v) is 16.9. The van der Waals surface area contributed by atoms with Gasteiger partial charge in [0, 0.05) is 6.54 Å². The number of anilines is 1. The van der Waals surface area contributed by atoms with Gasteiger partial charge in [-0.05, 0) is 42.0 Å². The van der Waals surface area contributed by atoms with Gasteiger partial charge >= 0.3 is 0 Å². The Morgan fingerprint density at radius 3 is 2.20 bits per heavy atom. The van der Waals surface area contributed by atoms with E-state index in [1.165, 1.54) is 27.6 Å². The Morgan fingerprint density at radius 1 is 0.900 bits per heavy atom. The largest absolute Gasteiger partial charge is 0.493 e. The number of furan rings is 1. The molecule has 0 saturated carbocycles. The van der Waals surface area contributed by atoms with Crippen LogP contribution in [0, 0.1) is 0 Å². The lowest BCUT2D eigenvalue weighted by molar-refractivity contribution is 0.0951. The van der Waals surface area contributed by atoms with Gasteiger partial charge in [-0.15, -0.1) is 0 Å². The highest BCUT2D eigenvalue weighted by atomic mass is 16.5. The van der Waals surface area contributed by atoms with Crippen LogP contribution in [0.25, 0.3) is 0 Å². The lowest BCUT2D eigenvalue weighted by Gasteiger charge is -2.15. The fourth-order valence-corrected chi connectivity index (χ4v) is 2.90. The van der Waals surface area contributed by atoms with Gasteiger partial charge in [-0.25, -0.2) is 0 Å². The van der Waals surface area contributed by atoms with E-state index in [4.69, 9.17) is 18.6 Å². The van der Waals surface area contributed by atoms with Crippen LogP contribution >= 0.6 is 0 Å². The Balaban J connectivity index is 1.75. The van der Waals surface area contributed by atoms with Gasteiger partial charge in [-0.1, -0.05) is 12.1 Å². The van der Waals surface area contributed by atoms with E-state index in [0.717, 1.165) is 5.56 Å². The number of carbonyl (C=O) groups excluding carboxylic acids is 2. The molecule has 3 rings (SSSR count). The molecule has 8 nitrogen and oxygen atoms in total. The molecule has 0 aliphatic heterocycles.